The molecule has 0 aliphatic heterocycles. The van der Waals surface area contributed by atoms with Crippen LogP contribution in [0.15, 0.2) is 90.3 Å². The summed E-state index contributed by atoms with van der Waals surface area (Å²) in [5.41, 5.74) is 3.21. The Morgan fingerprint density at radius 3 is 2.37 bits per heavy atom. The molecule has 1 atom stereocenters. The Hall–Kier alpha value is -3.45. The molecule has 1 unspecified atom stereocenters. The van der Waals surface area contributed by atoms with Crippen molar-refractivity contribution in [3.05, 3.63) is 96.3 Å². The van der Waals surface area contributed by atoms with Crippen LogP contribution in [0.3, 0.4) is 0 Å². The molecular formula is C28H29N5OS. The van der Waals surface area contributed by atoms with Crippen LogP contribution in [0.25, 0.3) is 11.4 Å². The van der Waals surface area contributed by atoms with E-state index in [1.807, 2.05) is 53.4 Å². The topological polar surface area (TPSA) is 63.9 Å². The summed E-state index contributed by atoms with van der Waals surface area (Å²) in [5, 5.41) is 9.68. The van der Waals surface area contributed by atoms with Crippen molar-refractivity contribution < 1.29 is 4.79 Å². The van der Waals surface area contributed by atoms with Crippen LogP contribution in [0, 0.1) is 5.92 Å². The average molecular weight is 484 g/mol. The van der Waals surface area contributed by atoms with Crippen molar-refractivity contribution in [2.75, 3.05) is 5.75 Å². The number of benzene rings is 2. The Bertz CT molecular complexity index is 1240. The molecule has 2 aromatic heterocycles. The Morgan fingerprint density at radius 2 is 1.71 bits per heavy atom. The molecule has 1 saturated carbocycles. The van der Waals surface area contributed by atoms with Crippen LogP contribution < -0.4 is 0 Å². The van der Waals surface area contributed by atoms with Crippen molar-refractivity contribution in [3.8, 4) is 11.4 Å². The summed E-state index contributed by atoms with van der Waals surface area (Å²) in [6, 6.07) is 24.6. The lowest BCUT2D eigenvalue weighted by Gasteiger charge is -2.29. The second kappa shape index (κ2) is 10.9. The fourth-order valence-corrected chi connectivity index (χ4v) is 5.12. The van der Waals surface area contributed by atoms with Gasteiger partial charge in [0, 0.05) is 30.5 Å². The normalized spacial score (nSPS) is 14.0. The van der Waals surface area contributed by atoms with Gasteiger partial charge in [0.15, 0.2) is 11.0 Å². The number of hydrogen-bond acceptors (Lipinski definition) is 5. The third-order valence-corrected chi connectivity index (χ3v) is 7.41. The number of rotatable bonds is 10. The molecule has 1 aliphatic rings. The van der Waals surface area contributed by atoms with Crippen LogP contribution in [0.2, 0.25) is 0 Å². The molecule has 1 aliphatic carbocycles. The molecule has 7 heteroatoms. The van der Waals surface area contributed by atoms with Gasteiger partial charge in [-0.2, -0.15) is 0 Å². The molecule has 35 heavy (non-hydrogen) atoms. The lowest BCUT2D eigenvalue weighted by molar-refractivity contribution is -0.131. The van der Waals surface area contributed by atoms with E-state index in [1.165, 1.54) is 24.6 Å². The maximum atomic E-state index is 13.5. The molecule has 4 aromatic rings. The van der Waals surface area contributed by atoms with Gasteiger partial charge in [-0.1, -0.05) is 72.4 Å². The molecule has 0 radical (unpaired) electrons. The number of carbonyl (C=O) groups excluding carboxylic acids is 1. The first-order valence-corrected chi connectivity index (χ1v) is 13.0. The zero-order chi connectivity index (χ0) is 24.0. The highest BCUT2D eigenvalue weighted by atomic mass is 32.2. The first-order chi connectivity index (χ1) is 17.2. The fourth-order valence-electron chi connectivity index (χ4n) is 4.29. The van der Waals surface area contributed by atoms with Gasteiger partial charge in [0.05, 0.1) is 12.3 Å². The van der Waals surface area contributed by atoms with E-state index in [0.29, 0.717) is 24.8 Å². The molecule has 1 amide bonds. The minimum absolute atomic E-state index is 0.135. The largest absolute Gasteiger partial charge is 0.335 e. The highest BCUT2D eigenvalue weighted by Gasteiger charge is 2.34. The van der Waals surface area contributed by atoms with Gasteiger partial charge in [-0.3, -0.25) is 14.3 Å². The quantitative estimate of drug-likeness (QED) is 0.286. The van der Waals surface area contributed by atoms with Crippen molar-refractivity contribution in [3.63, 3.8) is 0 Å². The predicted molar refractivity (Wildman–Crippen MR) is 139 cm³/mol. The highest BCUT2D eigenvalue weighted by molar-refractivity contribution is 7.99. The van der Waals surface area contributed by atoms with E-state index in [9.17, 15) is 4.79 Å². The van der Waals surface area contributed by atoms with Gasteiger partial charge in [0.2, 0.25) is 5.91 Å². The highest BCUT2D eigenvalue weighted by Crippen LogP contribution is 2.36. The average Bonchev–Trinajstić information content (AvgIpc) is 3.69. The number of thioether (sulfide) groups is 1. The van der Waals surface area contributed by atoms with E-state index in [2.05, 4.69) is 50.9 Å². The molecule has 178 valence electrons. The Morgan fingerprint density at radius 1 is 1.00 bits per heavy atom. The van der Waals surface area contributed by atoms with Crippen LogP contribution in [0.5, 0.6) is 0 Å². The fraction of sp³-hybridized carbons (Fsp3) is 0.286. The number of aromatic nitrogens is 4. The summed E-state index contributed by atoms with van der Waals surface area (Å²) < 4.78 is 2.08. The van der Waals surface area contributed by atoms with Crippen LogP contribution in [-0.2, 0) is 17.9 Å². The van der Waals surface area contributed by atoms with E-state index in [4.69, 9.17) is 0 Å². The lowest BCUT2D eigenvalue weighted by Crippen LogP contribution is -2.40. The molecule has 0 spiro atoms. The van der Waals surface area contributed by atoms with Gasteiger partial charge >= 0.3 is 0 Å². The predicted octanol–water partition coefficient (Wildman–Crippen LogP) is 5.31. The third kappa shape index (κ3) is 5.80. The summed E-state index contributed by atoms with van der Waals surface area (Å²) in [4.78, 5) is 19.8. The summed E-state index contributed by atoms with van der Waals surface area (Å²) in [5.74, 6) is 1.82. The SMILES string of the molecule is CC(C1CC1)N(Cc1ccccc1)C(=O)CSc1nnc(-c2cccnc2)n1Cc1ccccc1. The van der Waals surface area contributed by atoms with Crippen LogP contribution in [-0.4, -0.2) is 42.4 Å². The van der Waals surface area contributed by atoms with Crippen molar-refractivity contribution >= 4 is 17.7 Å². The van der Waals surface area contributed by atoms with E-state index in [0.717, 1.165) is 27.7 Å². The van der Waals surface area contributed by atoms with Gasteiger partial charge in [-0.15, -0.1) is 10.2 Å². The molecule has 6 nitrogen and oxygen atoms in total. The monoisotopic (exact) mass is 483 g/mol. The molecule has 0 bridgehead atoms. The maximum Gasteiger partial charge on any atom is 0.233 e. The van der Waals surface area contributed by atoms with Crippen LogP contribution in [0.1, 0.15) is 30.9 Å². The van der Waals surface area contributed by atoms with E-state index in [1.54, 1.807) is 12.4 Å². The first-order valence-electron chi connectivity index (χ1n) is 12.0. The summed E-state index contributed by atoms with van der Waals surface area (Å²) in [7, 11) is 0. The van der Waals surface area contributed by atoms with Gasteiger partial charge in [-0.05, 0) is 48.9 Å². The summed E-state index contributed by atoms with van der Waals surface area (Å²) >= 11 is 1.46. The van der Waals surface area contributed by atoms with Crippen molar-refractivity contribution in [2.24, 2.45) is 5.92 Å². The van der Waals surface area contributed by atoms with Gasteiger partial charge in [-0.25, -0.2) is 0 Å². The van der Waals surface area contributed by atoms with E-state index in [-0.39, 0.29) is 11.9 Å². The summed E-state index contributed by atoms with van der Waals surface area (Å²) in [6.45, 7) is 3.44. The van der Waals surface area contributed by atoms with Crippen molar-refractivity contribution in [1.29, 1.82) is 0 Å². The molecule has 0 saturated heterocycles. The Kier molecular flexibility index (Phi) is 7.23. The van der Waals surface area contributed by atoms with Crippen LogP contribution >= 0.6 is 11.8 Å². The molecular weight excluding hydrogens is 454 g/mol. The first kappa shape index (κ1) is 23.3. The van der Waals surface area contributed by atoms with E-state index >= 15 is 0 Å². The zero-order valence-corrected chi connectivity index (χ0v) is 20.6. The minimum atomic E-state index is 0.135. The molecule has 1 fully saturated rings. The van der Waals surface area contributed by atoms with Gasteiger partial charge in [0.1, 0.15) is 0 Å². The number of hydrogen-bond donors (Lipinski definition) is 0. The minimum Gasteiger partial charge on any atom is -0.335 e. The third-order valence-electron chi connectivity index (χ3n) is 6.46. The molecule has 2 heterocycles. The second-order valence-electron chi connectivity index (χ2n) is 8.99. The van der Waals surface area contributed by atoms with E-state index < -0.39 is 0 Å². The number of carbonyl (C=O) groups is 1. The molecule has 0 N–H and O–H groups in total. The molecule has 5 rings (SSSR count). The lowest BCUT2D eigenvalue weighted by atomic mass is 10.1. The maximum absolute atomic E-state index is 13.5. The smallest absolute Gasteiger partial charge is 0.233 e. The number of amides is 1. The second-order valence-corrected chi connectivity index (χ2v) is 9.94. The van der Waals surface area contributed by atoms with Crippen molar-refractivity contribution in [2.45, 2.75) is 44.1 Å². The standard InChI is InChI=1S/C28H29N5OS/c1-21(24-14-15-24)32(18-22-9-4-2-5-10-22)26(34)20-35-28-31-30-27(25-13-8-16-29-17-25)33(28)19-23-11-6-3-7-12-23/h2-13,16-17,21,24H,14-15,18-20H2,1H3. The van der Waals surface area contributed by atoms with Gasteiger partial charge < -0.3 is 4.90 Å². The summed E-state index contributed by atoms with van der Waals surface area (Å²) in [6.07, 6.45) is 5.95. The number of nitrogens with zero attached hydrogens (tertiary/aromatic N) is 5. The van der Waals surface area contributed by atoms with Crippen LogP contribution in [0.4, 0.5) is 0 Å². The number of pyridine rings is 1. The van der Waals surface area contributed by atoms with Gasteiger partial charge in [0.25, 0.3) is 0 Å². The Labute approximate surface area is 210 Å². The Balaban J connectivity index is 1.36. The van der Waals surface area contributed by atoms with Crippen molar-refractivity contribution in [1.82, 2.24) is 24.6 Å². The zero-order valence-electron chi connectivity index (χ0n) is 19.8. The molecule has 2 aromatic carbocycles.